The average Bonchev–Trinajstić information content (AvgIpc) is 3.34. The molecule has 5 heteroatoms. The summed E-state index contributed by atoms with van der Waals surface area (Å²) in [6.07, 6.45) is 10.4. The number of benzene rings is 8. The summed E-state index contributed by atoms with van der Waals surface area (Å²) >= 11 is 0. The van der Waals surface area contributed by atoms with E-state index < -0.39 is 31.7 Å². The van der Waals surface area contributed by atoms with Crippen LogP contribution < -0.4 is 42.4 Å². The molecular weight excluding hydrogens is 855 g/mol. The van der Waals surface area contributed by atoms with Gasteiger partial charge >= 0.3 is 0 Å². The van der Waals surface area contributed by atoms with Gasteiger partial charge in [-0.1, -0.05) is 146 Å². The number of hydrogen-bond donors (Lipinski definition) is 0. The summed E-state index contributed by atoms with van der Waals surface area (Å²) in [5.74, 6) is 0. The predicted octanol–water partition coefficient (Wildman–Crippen LogP) is 11.0. The van der Waals surface area contributed by atoms with Gasteiger partial charge in [0.05, 0.1) is 98.8 Å². The van der Waals surface area contributed by atoms with E-state index in [0.717, 1.165) is 0 Å². The van der Waals surface area contributed by atoms with Crippen molar-refractivity contribution in [3.05, 3.63) is 243 Å². The van der Waals surface area contributed by atoms with Gasteiger partial charge in [-0.05, 0) is 123 Å². The first-order valence-electron chi connectivity index (χ1n) is 21.7. The van der Waals surface area contributed by atoms with Gasteiger partial charge in [-0.2, -0.15) is 0 Å². The van der Waals surface area contributed by atoms with Crippen LogP contribution in [0.3, 0.4) is 0 Å². The molecule has 310 valence electrons. The molecule has 0 aliphatic heterocycles. The summed E-state index contributed by atoms with van der Waals surface area (Å²) in [6, 6.07) is 89.2. The molecule has 0 nitrogen and oxygen atoms in total. The largest absolute Gasteiger partial charge is 0.0966 e. The number of rotatable bonds is 18. The molecule has 0 unspecified atom stereocenters. The average molecular weight is 916 g/mol. The van der Waals surface area contributed by atoms with E-state index in [1.54, 1.807) is 0 Å². The first kappa shape index (κ1) is 46.5. The SMILES string of the molecule is [Ni].c1ccc([PH+](CCCC[PH+](c2ccccc2)c2ccccc2)c2ccccc2)cc1.c1ccc([PH+](CCCC[PH+](c2ccccc2)c2ccccc2)c2ccccc2)cc1. The molecule has 61 heavy (non-hydrogen) atoms. The van der Waals surface area contributed by atoms with Crippen LogP contribution in [0.15, 0.2) is 243 Å². The normalized spacial score (nSPS) is 11.0. The fourth-order valence-corrected chi connectivity index (χ4v) is 19.0. The zero-order valence-electron chi connectivity index (χ0n) is 35.1. The predicted molar refractivity (Wildman–Crippen MR) is 280 cm³/mol. The van der Waals surface area contributed by atoms with Gasteiger partial charge in [0.15, 0.2) is 0 Å². The third-order valence-corrected chi connectivity index (χ3v) is 22.8. The Bertz CT molecular complexity index is 1820. The van der Waals surface area contributed by atoms with Gasteiger partial charge in [0.25, 0.3) is 0 Å². The van der Waals surface area contributed by atoms with Crippen molar-refractivity contribution in [2.24, 2.45) is 0 Å². The molecule has 0 atom stereocenters. The standard InChI is InChI=1S/2C28H28P2.Ni/c2*1-5-15-25(16-6-1)29(26-17-7-2-8-18-26)23-13-14-24-30(27-19-9-3-10-20-27)28-21-11-4-12-22-28;/h2*1-12,15-22H,13-14,23-24H2;/p+4. The first-order chi connectivity index (χ1) is 29.8. The molecule has 0 aliphatic carbocycles. The molecule has 0 radical (unpaired) electrons. The van der Waals surface area contributed by atoms with Crippen LogP contribution in [0.1, 0.15) is 25.7 Å². The molecule has 8 rings (SSSR count). The molecule has 0 aliphatic rings. The third-order valence-electron chi connectivity index (χ3n) is 11.2. The third kappa shape index (κ3) is 14.5. The second-order valence-electron chi connectivity index (χ2n) is 15.3. The molecule has 8 aromatic rings. The molecule has 0 heterocycles. The minimum atomic E-state index is -0.714. The molecule has 0 saturated carbocycles. The Balaban J connectivity index is 0.000000201. The van der Waals surface area contributed by atoms with Crippen LogP contribution in [0.4, 0.5) is 0 Å². The molecule has 0 bridgehead atoms. The fourth-order valence-electron chi connectivity index (χ4n) is 8.14. The van der Waals surface area contributed by atoms with Crippen LogP contribution in [0.25, 0.3) is 0 Å². The van der Waals surface area contributed by atoms with Crippen LogP contribution in [-0.4, -0.2) is 24.6 Å². The van der Waals surface area contributed by atoms with Gasteiger partial charge in [0.1, 0.15) is 0 Å². The minimum Gasteiger partial charge on any atom is -0.0620 e. The number of unbranched alkanes of at least 4 members (excludes halogenated alkanes) is 2. The van der Waals surface area contributed by atoms with Crippen LogP contribution in [0.5, 0.6) is 0 Å². The van der Waals surface area contributed by atoms with E-state index in [1.807, 2.05) is 0 Å². The van der Waals surface area contributed by atoms with Gasteiger partial charge < -0.3 is 0 Å². The van der Waals surface area contributed by atoms with E-state index in [-0.39, 0.29) is 16.5 Å². The Morgan fingerprint density at radius 3 is 0.410 bits per heavy atom. The van der Waals surface area contributed by atoms with Crippen molar-refractivity contribution in [1.29, 1.82) is 0 Å². The fraction of sp³-hybridized carbons (Fsp3) is 0.143. The first-order valence-corrected chi connectivity index (χ1v) is 28.5. The summed E-state index contributed by atoms with van der Waals surface area (Å²) in [5, 5.41) is 12.3. The molecule has 0 spiro atoms. The van der Waals surface area contributed by atoms with Gasteiger partial charge in [-0.15, -0.1) is 0 Å². The van der Waals surface area contributed by atoms with E-state index >= 15 is 0 Å². The van der Waals surface area contributed by atoms with E-state index in [4.69, 9.17) is 0 Å². The van der Waals surface area contributed by atoms with Crippen LogP contribution in [-0.2, 0) is 16.5 Å². The second-order valence-corrected chi connectivity index (χ2v) is 25.7. The molecular formula is C56H60NiP4+4. The van der Waals surface area contributed by atoms with Crippen molar-refractivity contribution < 1.29 is 16.5 Å². The van der Waals surface area contributed by atoms with Gasteiger partial charge in [-0.3, -0.25) is 0 Å². The topological polar surface area (TPSA) is 0 Å². The Morgan fingerprint density at radius 2 is 0.295 bits per heavy atom. The monoisotopic (exact) mass is 914 g/mol. The quantitative estimate of drug-likeness (QED) is 0.0457. The van der Waals surface area contributed by atoms with Gasteiger partial charge in [0.2, 0.25) is 0 Å². The maximum atomic E-state index is 2.32. The van der Waals surface area contributed by atoms with Gasteiger partial charge in [0, 0.05) is 16.5 Å². The van der Waals surface area contributed by atoms with Crippen molar-refractivity contribution in [3.63, 3.8) is 0 Å². The summed E-state index contributed by atoms with van der Waals surface area (Å²) < 4.78 is 0. The van der Waals surface area contributed by atoms with Crippen molar-refractivity contribution >= 4 is 74.1 Å². The number of hydrogen-bond acceptors (Lipinski definition) is 0. The summed E-state index contributed by atoms with van der Waals surface area (Å²) in [4.78, 5) is 0. The maximum Gasteiger partial charge on any atom is 0.0966 e. The molecule has 0 N–H and O–H groups in total. The van der Waals surface area contributed by atoms with E-state index in [0.29, 0.717) is 0 Å². The molecule has 0 aromatic heterocycles. The van der Waals surface area contributed by atoms with Crippen LogP contribution in [0, 0.1) is 0 Å². The Labute approximate surface area is 381 Å². The summed E-state index contributed by atoms with van der Waals surface area (Å²) in [5.41, 5.74) is 0. The maximum absolute atomic E-state index is 2.32. The van der Waals surface area contributed by atoms with E-state index in [1.165, 1.54) is 92.8 Å². The minimum absolute atomic E-state index is 0. The van der Waals surface area contributed by atoms with E-state index in [2.05, 4.69) is 243 Å². The molecule has 0 amide bonds. The second kappa shape index (κ2) is 26.4. The van der Waals surface area contributed by atoms with Crippen molar-refractivity contribution in [1.82, 2.24) is 0 Å². The van der Waals surface area contributed by atoms with Crippen molar-refractivity contribution in [2.75, 3.05) is 24.6 Å². The van der Waals surface area contributed by atoms with E-state index in [9.17, 15) is 0 Å². The molecule has 8 aromatic carbocycles. The smallest absolute Gasteiger partial charge is 0.0620 e. The summed E-state index contributed by atoms with van der Waals surface area (Å²) in [6.45, 7) is 0. The Kier molecular flexibility index (Phi) is 20.2. The van der Waals surface area contributed by atoms with Crippen LogP contribution >= 0.6 is 31.7 Å². The van der Waals surface area contributed by atoms with Crippen molar-refractivity contribution in [3.8, 4) is 0 Å². The van der Waals surface area contributed by atoms with Gasteiger partial charge in [-0.25, -0.2) is 0 Å². The Morgan fingerprint density at radius 1 is 0.180 bits per heavy atom. The zero-order chi connectivity index (χ0) is 40.9. The Hall–Kier alpha value is -4.03. The zero-order valence-corrected chi connectivity index (χ0v) is 40.1. The molecule has 0 fully saturated rings. The van der Waals surface area contributed by atoms with Crippen LogP contribution in [0.2, 0.25) is 0 Å². The summed E-state index contributed by atoms with van der Waals surface area (Å²) in [7, 11) is -2.86. The van der Waals surface area contributed by atoms with Crippen molar-refractivity contribution in [2.45, 2.75) is 25.7 Å². The molecule has 0 saturated heterocycles.